The first-order valence-corrected chi connectivity index (χ1v) is 13.5. The fraction of sp³-hybridized carbons (Fsp3) is 0.704. The standard InChI is InChI=1S/C27H43N5O4/c1-23-26(31-20-18-29(19-21-31)13-10-25(33)35-2)36-27(34)32(23)12-7-6-11-28-14-16-30(17-15-28)22-24-8-4-3-5-9-24/h3-5,8-9,23,26H,6-7,10-22H2,1-2H3. The minimum Gasteiger partial charge on any atom is -0.469 e. The molecule has 0 radical (unpaired) electrons. The van der Waals surface area contributed by atoms with E-state index in [9.17, 15) is 9.59 Å². The number of cyclic esters (lactones) is 1. The molecule has 3 saturated heterocycles. The van der Waals surface area contributed by atoms with E-state index in [0.29, 0.717) is 13.0 Å². The Hall–Kier alpha value is -2.20. The van der Waals surface area contributed by atoms with Crippen molar-refractivity contribution in [2.45, 2.75) is 45.0 Å². The minimum atomic E-state index is -0.185. The van der Waals surface area contributed by atoms with Gasteiger partial charge in [-0.25, -0.2) is 4.79 Å². The van der Waals surface area contributed by atoms with E-state index >= 15 is 0 Å². The van der Waals surface area contributed by atoms with Gasteiger partial charge in [0.2, 0.25) is 0 Å². The summed E-state index contributed by atoms with van der Waals surface area (Å²) >= 11 is 0. The van der Waals surface area contributed by atoms with Crippen LogP contribution in [0.3, 0.4) is 0 Å². The highest BCUT2D eigenvalue weighted by molar-refractivity contribution is 5.70. The Morgan fingerprint density at radius 1 is 0.889 bits per heavy atom. The van der Waals surface area contributed by atoms with E-state index in [0.717, 1.165) is 84.8 Å². The highest BCUT2D eigenvalue weighted by Gasteiger charge is 2.42. The summed E-state index contributed by atoms with van der Waals surface area (Å²) < 4.78 is 10.5. The predicted octanol–water partition coefficient (Wildman–Crippen LogP) is 1.93. The molecule has 0 spiro atoms. The first kappa shape index (κ1) is 26.9. The molecule has 1 aromatic carbocycles. The zero-order valence-corrected chi connectivity index (χ0v) is 22.0. The van der Waals surface area contributed by atoms with Crippen molar-refractivity contribution in [1.29, 1.82) is 0 Å². The number of amides is 1. The zero-order chi connectivity index (χ0) is 25.3. The van der Waals surface area contributed by atoms with Crippen LogP contribution < -0.4 is 0 Å². The van der Waals surface area contributed by atoms with Gasteiger partial charge in [-0.2, -0.15) is 0 Å². The molecule has 3 fully saturated rings. The number of unbranched alkanes of at least 4 members (excludes halogenated alkanes) is 1. The lowest BCUT2D eigenvalue weighted by Gasteiger charge is -2.38. The lowest BCUT2D eigenvalue weighted by atomic mass is 10.2. The predicted molar refractivity (Wildman–Crippen MR) is 138 cm³/mol. The number of carbonyl (C=O) groups excluding carboxylic acids is 2. The molecule has 0 bridgehead atoms. The molecule has 9 heteroatoms. The summed E-state index contributed by atoms with van der Waals surface area (Å²) in [6.07, 6.45) is 2.15. The van der Waals surface area contributed by atoms with Crippen molar-refractivity contribution in [2.75, 3.05) is 79.1 Å². The Balaban J connectivity index is 1.10. The minimum absolute atomic E-state index is 0.0562. The Kier molecular flexibility index (Phi) is 9.98. The van der Waals surface area contributed by atoms with Crippen LogP contribution in [0.2, 0.25) is 0 Å². The van der Waals surface area contributed by atoms with Gasteiger partial charge >= 0.3 is 12.1 Å². The van der Waals surface area contributed by atoms with Gasteiger partial charge in [-0.3, -0.25) is 14.6 Å². The van der Waals surface area contributed by atoms with Gasteiger partial charge in [0.15, 0.2) is 6.23 Å². The summed E-state index contributed by atoms with van der Waals surface area (Å²) in [5.74, 6) is -0.170. The van der Waals surface area contributed by atoms with Crippen LogP contribution in [-0.4, -0.2) is 128 Å². The summed E-state index contributed by atoms with van der Waals surface area (Å²) in [5.41, 5.74) is 1.39. The van der Waals surface area contributed by atoms with Crippen LogP contribution in [-0.2, 0) is 20.8 Å². The van der Waals surface area contributed by atoms with Gasteiger partial charge in [-0.05, 0) is 31.9 Å². The number of methoxy groups -OCH3 is 1. The molecular formula is C27H43N5O4. The fourth-order valence-corrected chi connectivity index (χ4v) is 5.49. The first-order chi connectivity index (χ1) is 17.5. The lowest BCUT2D eigenvalue weighted by Crippen LogP contribution is -2.53. The van der Waals surface area contributed by atoms with Crippen LogP contribution in [0.4, 0.5) is 4.79 Å². The Bertz CT molecular complexity index is 825. The molecule has 1 aromatic rings. The highest BCUT2D eigenvalue weighted by atomic mass is 16.6. The molecule has 0 N–H and O–H groups in total. The number of benzene rings is 1. The van der Waals surface area contributed by atoms with Crippen molar-refractivity contribution in [3.8, 4) is 0 Å². The second-order valence-corrected chi connectivity index (χ2v) is 10.2. The smallest absolute Gasteiger partial charge is 0.411 e. The first-order valence-electron chi connectivity index (χ1n) is 13.5. The van der Waals surface area contributed by atoms with Gasteiger partial charge in [0.05, 0.1) is 19.6 Å². The van der Waals surface area contributed by atoms with Crippen LogP contribution in [0.5, 0.6) is 0 Å². The molecule has 36 heavy (non-hydrogen) atoms. The molecule has 2 atom stereocenters. The normalized spacial score (nSPS) is 24.7. The van der Waals surface area contributed by atoms with E-state index in [1.54, 1.807) is 0 Å². The van der Waals surface area contributed by atoms with Crippen molar-refractivity contribution in [3.05, 3.63) is 35.9 Å². The molecule has 0 aromatic heterocycles. The molecule has 0 saturated carbocycles. The third kappa shape index (κ3) is 7.41. The molecule has 9 nitrogen and oxygen atoms in total. The van der Waals surface area contributed by atoms with Gasteiger partial charge in [-0.1, -0.05) is 30.3 Å². The number of ether oxygens (including phenoxy) is 2. The summed E-state index contributed by atoms with van der Waals surface area (Å²) in [6.45, 7) is 13.6. The zero-order valence-electron chi connectivity index (χ0n) is 22.0. The molecule has 4 rings (SSSR count). The SMILES string of the molecule is COC(=O)CCN1CCN(C2OC(=O)N(CCCCN3CCN(Cc4ccccc4)CC3)C2C)CC1. The van der Waals surface area contributed by atoms with Crippen molar-refractivity contribution in [1.82, 2.24) is 24.5 Å². The van der Waals surface area contributed by atoms with Gasteiger partial charge in [0, 0.05) is 72.0 Å². The van der Waals surface area contributed by atoms with Crippen LogP contribution in [0.25, 0.3) is 0 Å². The quantitative estimate of drug-likeness (QED) is 0.337. The maximum absolute atomic E-state index is 12.6. The van der Waals surface area contributed by atoms with E-state index in [1.165, 1.54) is 12.7 Å². The van der Waals surface area contributed by atoms with E-state index in [2.05, 4.69) is 56.9 Å². The fourth-order valence-electron chi connectivity index (χ4n) is 5.49. The van der Waals surface area contributed by atoms with Crippen molar-refractivity contribution >= 4 is 12.1 Å². The maximum atomic E-state index is 12.6. The van der Waals surface area contributed by atoms with Gasteiger partial charge < -0.3 is 24.2 Å². The van der Waals surface area contributed by atoms with Crippen LogP contribution in [0.15, 0.2) is 30.3 Å². The van der Waals surface area contributed by atoms with E-state index in [4.69, 9.17) is 9.47 Å². The number of carbonyl (C=O) groups is 2. The molecule has 0 aliphatic carbocycles. The van der Waals surface area contributed by atoms with Crippen molar-refractivity contribution in [2.24, 2.45) is 0 Å². The summed E-state index contributed by atoms with van der Waals surface area (Å²) in [6, 6.07) is 10.8. The maximum Gasteiger partial charge on any atom is 0.411 e. The molecule has 1 amide bonds. The largest absolute Gasteiger partial charge is 0.469 e. The second kappa shape index (κ2) is 13.4. The van der Waals surface area contributed by atoms with Crippen LogP contribution >= 0.6 is 0 Å². The monoisotopic (exact) mass is 501 g/mol. The van der Waals surface area contributed by atoms with E-state index < -0.39 is 0 Å². The molecule has 2 unspecified atom stereocenters. The number of esters is 1. The van der Waals surface area contributed by atoms with Crippen molar-refractivity contribution < 1.29 is 19.1 Å². The van der Waals surface area contributed by atoms with Gasteiger partial charge in [0.25, 0.3) is 0 Å². The van der Waals surface area contributed by atoms with E-state index in [-0.39, 0.29) is 24.3 Å². The van der Waals surface area contributed by atoms with Crippen LogP contribution in [0, 0.1) is 0 Å². The van der Waals surface area contributed by atoms with E-state index in [1.807, 2.05) is 4.90 Å². The Labute approximate surface area is 215 Å². The average Bonchev–Trinajstić information content (AvgIpc) is 3.19. The number of hydrogen-bond donors (Lipinski definition) is 0. The van der Waals surface area contributed by atoms with Crippen molar-refractivity contribution in [3.63, 3.8) is 0 Å². The third-order valence-electron chi connectivity index (χ3n) is 7.82. The number of rotatable bonds is 11. The van der Waals surface area contributed by atoms with Gasteiger partial charge in [0.1, 0.15) is 0 Å². The highest BCUT2D eigenvalue weighted by Crippen LogP contribution is 2.24. The Morgan fingerprint density at radius 2 is 1.50 bits per heavy atom. The average molecular weight is 502 g/mol. The van der Waals surface area contributed by atoms with Gasteiger partial charge in [-0.15, -0.1) is 0 Å². The summed E-state index contributed by atoms with van der Waals surface area (Å²) in [5, 5.41) is 0. The molecule has 3 aliphatic heterocycles. The number of hydrogen-bond acceptors (Lipinski definition) is 8. The van der Waals surface area contributed by atoms with Crippen LogP contribution in [0.1, 0.15) is 31.7 Å². The topological polar surface area (TPSA) is 68.8 Å². The number of nitrogens with zero attached hydrogens (tertiary/aromatic N) is 5. The molecule has 200 valence electrons. The lowest BCUT2D eigenvalue weighted by molar-refractivity contribution is -0.141. The molecule has 3 heterocycles. The number of piperazine rings is 2. The molecular weight excluding hydrogens is 458 g/mol. The molecule has 3 aliphatic rings. The third-order valence-corrected chi connectivity index (χ3v) is 7.82. The second-order valence-electron chi connectivity index (χ2n) is 10.2. The summed E-state index contributed by atoms with van der Waals surface area (Å²) in [4.78, 5) is 35.5. The summed E-state index contributed by atoms with van der Waals surface area (Å²) in [7, 11) is 1.43. The Morgan fingerprint density at radius 3 is 2.19 bits per heavy atom.